The molecule has 0 spiro atoms. The number of rotatable bonds is 7. The molecular weight excluding hydrogens is 346 g/mol. The van der Waals surface area contributed by atoms with Crippen molar-refractivity contribution < 1.29 is 9.53 Å². The van der Waals surface area contributed by atoms with Gasteiger partial charge >= 0.3 is 0 Å². The molecule has 0 fully saturated rings. The fraction of sp³-hybridized carbons (Fsp3) is 0.350. The minimum atomic E-state index is -0.175. The lowest BCUT2D eigenvalue weighted by atomic mass is 10.00. The Hall–Kier alpha value is -2.47. The Labute approximate surface area is 157 Å². The average Bonchev–Trinajstić information content (AvgIpc) is 3.09. The first-order chi connectivity index (χ1) is 12.5. The van der Waals surface area contributed by atoms with Gasteiger partial charge in [-0.1, -0.05) is 38.1 Å². The molecule has 6 heteroatoms. The lowest BCUT2D eigenvalue weighted by molar-refractivity contribution is -0.123. The van der Waals surface area contributed by atoms with Crippen molar-refractivity contribution in [3.63, 3.8) is 0 Å². The van der Waals surface area contributed by atoms with E-state index in [4.69, 9.17) is 4.74 Å². The maximum atomic E-state index is 12.2. The van der Waals surface area contributed by atoms with Crippen molar-refractivity contribution in [1.82, 2.24) is 15.3 Å². The van der Waals surface area contributed by atoms with Crippen molar-refractivity contribution in [3.8, 4) is 5.88 Å². The Morgan fingerprint density at radius 2 is 1.92 bits per heavy atom. The first kappa shape index (κ1) is 18.3. The minimum absolute atomic E-state index is 0.0717. The van der Waals surface area contributed by atoms with E-state index >= 15 is 0 Å². The summed E-state index contributed by atoms with van der Waals surface area (Å²) >= 11 is 1.52. The van der Waals surface area contributed by atoms with E-state index in [0.717, 1.165) is 22.2 Å². The van der Waals surface area contributed by atoms with Crippen molar-refractivity contribution in [2.75, 3.05) is 6.61 Å². The average molecular weight is 369 g/mol. The molecule has 136 valence electrons. The first-order valence-corrected chi connectivity index (χ1v) is 9.60. The van der Waals surface area contributed by atoms with Crippen LogP contribution in [0.25, 0.3) is 10.2 Å². The molecule has 1 amide bonds. The predicted octanol–water partition coefficient (Wildman–Crippen LogP) is 4.15. The number of amides is 1. The second-order valence-electron chi connectivity index (χ2n) is 6.74. The molecule has 2 aromatic heterocycles. The van der Waals surface area contributed by atoms with E-state index in [0.29, 0.717) is 11.8 Å². The van der Waals surface area contributed by atoms with E-state index in [1.54, 1.807) is 0 Å². The van der Waals surface area contributed by atoms with Gasteiger partial charge in [0.05, 0.1) is 11.4 Å². The van der Waals surface area contributed by atoms with Gasteiger partial charge in [0.1, 0.15) is 11.2 Å². The van der Waals surface area contributed by atoms with Crippen LogP contribution in [0, 0.1) is 5.92 Å². The zero-order valence-electron chi connectivity index (χ0n) is 15.2. The topological polar surface area (TPSA) is 64.1 Å². The highest BCUT2D eigenvalue weighted by Gasteiger charge is 2.12. The minimum Gasteiger partial charge on any atom is -0.467 e. The molecule has 0 aliphatic rings. The molecule has 0 radical (unpaired) electrons. The van der Waals surface area contributed by atoms with Crippen LogP contribution in [0.3, 0.4) is 0 Å². The van der Waals surface area contributed by atoms with E-state index in [1.165, 1.54) is 23.2 Å². The molecule has 1 aromatic carbocycles. The lowest BCUT2D eigenvalue weighted by Gasteiger charge is -2.15. The monoisotopic (exact) mass is 369 g/mol. The number of hydrogen-bond acceptors (Lipinski definition) is 5. The molecule has 0 saturated heterocycles. The summed E-state index contributed by atoms with van der Waals surface area (Å²) in [6, 6.07) is 10.2. The summed E-state index contributed by atoms with van der Waals surface area (Å²) in [5.74, 6) is 0.898. The van der Waals surface area contributed by atoms with Crippen molar-refractivity contribution in [2.45, 2.75) is 33.2 Å². The Balaban J connectivity index is 1.55. The summed E-state index contributed by atoms with van der Waals surface area (Å²) in [6.07, 6.45) is 2.51. The Morgan fingerprint density at radius 3 is 2.65 bits per heavy atom. The van der Waals surface area contributed by atoms with Gasteiger partial charge in [-0.2, -0.15) is 0 Å². The molecule has 2 heterocycles. The molecule has 1 unspecified atom stereocenters. The zero-order chi connectivity index (χ0) is 18.5. The smallest absolute Gasteiger partial charge is 0.258 e. The SMILES string of the molecule is CC(C)Cc1ccc(C(C)NC(=O)COc2ncnc3sccc23)cc1. The number of carbonyl (C=O) groups is 1. The summed E-state index contributed by atoms with van der Waals surface area (Å²) in [7, 11) is 0. The molecule has 1 atom stereocenters. The fourth-order valence-corrected chi connectivity index (χ4v) is 3.52. The highest BCUT2D eigenvalue weighted by Crippen LogP contribution is 2.25. The number of hydrogen-bond donors (Lipinski definition) is 1. The van der Waals surface area contributed by atoms with E-state index in [9.17, 15) is 4.79 Å². The lowest BCUT2D eigenvalue weighted by Crippen LogP contribution is -2.31. The van der Waals surface area contributed by atoms with E-state index in [2.05, 4.69) is 53.4 Å². The van der Waals surface area contributed by atoms with Crippen molar-refractivity contribution >= 4 is 27.5 Å². The second kappa shape index (κ2) is 8.27. The molecule has 0 aliphatic carbocycles. The van der Waals surface area contributed by atoms with Crippen LogP contribution in [0.5, 0.6) is 5.88 Å². The molecule has 26 heavy (non-hydrogen) atoms. The largest absolute Gasteiger partial charge is 0.467 e. The maximum Gasteiger partial charge on any atom is 0.258 e. The third-order valence-corrected chi connectivity index (χ3v) is 4.89. The molecule has 5 nitrogen and oxygen atoms in total. The van der Waals surface area contributed by atoms with E-state index in [-0.39, 0.29) is 18.6 Å². The van der Waals surface area contributed by atoms with Gasteiger partial charge in [-0.3, -0.25) is 4.79 Å². The number of nitrogens with zero attached hydrogens (tertiary/aromatic N) is 2. The standard InChI is InChI=1S/C20H23N3O2S/c1-13(2)10-15-4-6-16(7-5-15)14(3)23-18(24)11-25-19-17-8-9-26-20(17)22-12-21-19/h4-9,12-14H,10-11H2,1-3H3,(H,23,24). The number of fused-ring (bicyclic) bond motifs is 1. The fourth-order valence-electron chi connectivity index (χ4n) is 2.80. The van der Waals surface area contributed by atoms with Gasteiger partial charge in [-0.05, 0) is 41.8 Å². The van der Waals surface area contributed by atoms with Crippen LogP contribution < -0.4 is 10.1 Å². The summed E-state index contributed by atoms with van der Waals surface area (Å²) in [4.78, 5) is 21.3. The van der Waals surface area contributed by atoms with E-state index < -0.39 is 0 Å². The van der Waals surface area contributed by atoms with Crippen LogP contribution in [0.15, 0.2) is 42.0 Å². The Morgan fingerprint density at radius 1 is 1.15 bits per heavy atom. The van der Waals surface area contributed by atoms with Crippen LogP contribution in [0.2, 0.25) is 0 Å². The number of nitrogens with one attached hydrogen (secondary N) is 1. The predicted molar refractivity (Wildman–Crippen MR) is 104 cm³/mol. The first-order valence-electron chi connectivity index (χ1n) is 8.72. The quantitative estimate of drug-likeness (QED) is 0.680. The molecule has 0 saturated carbocycles. The molecule has 0 aliphatic heterocycles. The molecular formula is C20H23N3O2S. The van der Waals surface area contributed by atoms with Gasteiger partial charge in [0.25, 0.3) is 5.91 Å². The Kier molecular flexibility index (Phi) is 5.83. The van der Waals surface area contributed by atoms with Crippen molar-refractivity contribution in [1.29, 1.82) is 0 Å². The third-order valence-electron chi connectivity index (χ3n) is 4.07. The molecule has 3 aromatic rings. The van der Waals surface area contributed by atoms with Crippen LogP contribution >= 0.6 is 11.3 Å². The summed E-state index contributed by atoms with van der Waals surface area (Å²) in [6.45, 7) is 6.31. The van der Waals surface area contributed by atoms with Crippen molar-refractivity contribution in [2.24, 2.45) is 5.92 Å². The van der Waals surface area contributed by atoms with Gasteiger partial charge in [0, 0.05) is 0 Å². The maximum absolute atomic E-state index is 12.2. The van der Waals surface area contributed by atoms with Gasteiger partial charge in [0.15, 0.2) is 6.61 Å². The summed E-state index contributed by atoms with van der Waals surface area (Å²) < 4.78 is 5.58. The highest BCUT2D eigenvalue weighted by molar-refractivity contribution is 7.16. The number of benzene rings is 1. The number of carbonyl (C=O) groups excluding carboxylic acids is 1. The normalized spacial score (nSPS) is 12.3. The Bertz CT molecular complexity index is 874. The number of thiophene rings is 1. The number of ether oxygens (including phenoxy) is 1. The molecule has 3 rings (SSSR count). The van der Waals surface area contributed by atoms with Gasteiger partial charge in [0.2, 0.25) is 5.88 Å². The van der Waals surface area contributed by atoms with Gasteiger partial charge < -0.3 is 10.1 Å². The molecule has 0 bridgehead atoms. The van der Waals surface area contributed by atoms with Crippen LogP contribution in [-0.2, 0) is 11.2 Å². The van der Waals surface area contributed by atoms with Gasteiger partial charge in [-0.15, -0.1) is 11.3 Å². The summed E-state index contributed by atoms with van der Waals surface area (Å²) in [5.41, 5.74) is 2.39. The van der Waals surface area contributed by atoms with E-state index in [1.807, 2.05) is 18.4 Å². The highest BCUT2D eigenvalue weighted by atomic mass is 32.1. The molecule has 1 N–H and O–H groups in total. The van der Waals surface area contributed by atoms with Crippen LogP contribution in [0.4, 0.5) is 0 Å². The third kappa shape index (κ3) is 4.58. The zero-order valence-corrected chi connectivity index (χ0v) is 16.0. The van der Waals surface area contributed by atoms with Crippen LogP contribution in [-0.4, -0.2) is 22.5 Å². The van der Waals surface area contributed by atoms with Crippen LogP contribution in [0.1, 0.15) is 37.9 Å². The van der Waals surface area contributed by atoms with Crippen molar-refractivity contribution in [3.05, 3.63) is 53.2 Å². The summed E-state index contributed by atoms with van der Waals surface area (Å²) in [5, 5.41) is 5.72. The number of aromatic nitrogens is 2. The van der Waals surface area contributed by atoms with Gasteiger partial charge in [-0.25, -0.2) is 9.97 Å². The second-order valence-corrected chi connectivity index (χ2v) is 7.63.